The number of nitrogens with zero attached hydrogens (tertiary/aromatic N) is 3. The summed E-state index contributed by atoms with van der Waals surface area (Å²) in [6.07, 6.45) is 8.59. The Morgan fingerprint density at radius 2 is 1.85 bits per heavy atom. The smallest absolute Gasteiger partial charge is 0.0270 e. The second-order valence-electron chi connectivity index (χ2n) is 6.22. The summed E-state index contributed by atoms with van der Waals surface area (Å²) in [6, 6.07) is 5.45. The Morgan fingerprint density at radius 1 is 1.10 bits per heavy atom. The molecule has 2 aliphatic heterocycles. The van der Waals surface area contributed by atoms with Crippen LogP contribution in [0.2, 0.25) is 0 Å². The molecule has 2 N–H and O–H groups in total. The summed E-state index contributed by atoms with van der Waals surface area (Å²) in [5.41, 5.74) is 7.39. The number of hydrogen-bond acceptors (Lipinski definition) is 4. The fraction of sp³-hybridized carbons (Fsp3) is 0.688. The monoisotopic (exact) mass is 274 g/mol. The average molecular weight is 274 g/mol. The van der Waals surface area contributed by atoms with E-state index in [1.807, 2.05) is 12.4 Å². The maximum absolute atomic E-state index is 5.99. The van der Waals surface area contributed by atoms with Gasteiger partial charge >= 0.3 is 0 Å². The molecule has 1 atom stereocenters. The minimum atomic E-state index is 0.440. The van der Waals surface area contributed by atoms with Crippen LogP contribution in [0.3, 0.4) is 0 Å². The first kappa shape index (κ1) is 14.0. The quantitative estimate of drug-likeness (QED) is 0.894. The van der Waals surface area contributed by atoms with Gasteiger partial charge in [0.05, 0.1) is 0 Å². The Balaban J connectivity index is 1.43. The standard InChI is InChI=1S/C16H26N4/c17-15-4-11-20(12-5-15)16-6-10-19(13-16)9-3-14-1-7-18-8-2-14/h1-2,7-8,15-16H,3-6,9-13,17H2. The number of likely N-dealkylation sites (tertiary alicyclic amines) is 2. The van der Waals surface area contributed by atoms with Crippen molar-refractivity contribution in [3.05, 3.63) is 30.1 Å². The molecule has 110 valence electrons. The highest BCUT2D eigenvalue weighted by Gasteiger charge is 2.29. The summed E-state index contributed by atoms with van der Waals surface area (Å²) in [5, 5.41) is 0. The molecule has 0 saturated carbocycles. The Labute approximate surface area is 122 Å². The van der Waals surface area contributed by atoms with Gasteiger partial charge in [-0.05, 0) is 63.0 Å². The lowest BCUT2D eigenvalue weighted by molar-refractivity contribution is 0.152. The molecular formula is C16H26N4. The van der Waals surface area contributed by atoms with Crippen LogP contribution in [0.15, 0.2) is 24.5 Å². The third-order valence-electron chi connectivity index (χ3n) is 4.80. The van der Waals surface area contributed by atoms with Gasteiger partial charge < -0.3 is 10.6 Å². The molecule has 0 aromatic carbocycles. The predicted molar refractivity (Wildman–Crippen MR) is 81.6 cm³/mol. The zero-order valence-electron chi connectivity index (χ0n) is 12.2. The topological polar surface area (TPSA) is 45.4 Å². The van der Waals surface area contributed by atoms with Gasteiger partial charge in [0.15, 0.2) is 0 Å². The van der Waals surface area contributed by atoms with Crippen molar-refractivity contribution in [2.45, 2.75) is 37.8 Å². The fourth-order valence-electron chi connectivity index (χ4n) is 3.43. The molecule has 1 aromatic rings. The van der Waals surface area contributed by atoms with Gasteiger partial charge in [0.2, 0.25) is 0 Å². The van der Waals surface area contributed by atoms with Crippen molar-refractivity contribution in [2.75, 3.05) is 32.7 Å². The number of hydrogen-bond donors (Lipinski definition) is 1. The van der Waals surface area contributed by atoms with E-state index in [0.29, 0.717) is 6.04 Å². The van der Waals surface area contributed by atoms with Crippen molar-refractivity contribution in [3.63, 3.8) is 0 Å². The van der Waals surface area contributed by atoms with Gasteiger partial charge in [-0.1, -0.05) is 0 Å². The minimum Gasteiger partial charge on any atom is -0.328 e. The average Bonchev–Trinajstić information content (AvgIpc) is 2.96. The Hall–Kier alpha value is -0.970. The summed E-state index contributed by atoms with van der Waals surface area (Å²) in [7, 11) is 0. The van der Waals surface area contributed by atoms with E-state index in [1.54, 1.807) is 0 Å². The maximum atomic E-state index is 5.99. The Kier molecular flexibility index (Phi) is 4.65. The van der Waals surface area contributed by atoms with Crippen molar-refractivity contribution in [2.24, 2.45) is 5.73 Å². The molecule has 2 saturated heterocycles. The molecule has 4 heteroatoms. The molecule has 20 heavy (non-hydrogen) atoms. The fourth-order valence-corrected chi connectivity index (χ4v) is 3.43. The molecule has 0 radical (unpaired) electrons. The number of rotatable bonds is 4. The zero-order valence-corrected chi connectivity index (χ0v) is 12.2. The van der Waals surface area contributed by atoms with E-state index in [-0.39, 0.29) is 0 Å². The summed E-state index contributed by atoms with van der Waals surface area (Å²) in [4.78, 5) is 9.35. The highest BCUT2D eigenvalue weighted by atomic mass is 15.3. The Morgan fingerprint density at radius 3 is 2.60 bits per heavy atom. The van der Waals surface area contributed by atoms with E-state index in [4.69, 9.17) is 5.73 Å². The lowest BCUT2D eigenvalue weighted by Crippen LogP contribution is -2.46. The zero-order chi connectivity index (χ0) is 13.8. The van der Waals surface area contributed by atoms with Gasteiger partial charge in [0, 0.05) is 37.6 Å². The predicted octanol–water partition coefficient (Wildman–Crippen LogP) is 1.12. The molecular weight excluding hydrogens is 248 g/mol. The van der Waals surface area contributed by atoms with Crippen LogP contribution in [0.5, 0.6) is 0 Å². The van der Waals surface area contributed by atoms with E-state index < -0.39 is 0 Å². The molecule has 3 rings (SSSR count). The lowest BCUT2D eigenvalue weighted by Gasteiger charge is -2.34. The molecule has 1 unspecified atom stereocenters. The van der Waals surface area contributed by atoms with Crippen LogP contribution in [0.4, 0.5) is 0 Å². The SMILES string of the molecule is NC1CCN(C2CCN(CCc3ccncc3)C2)CC1. The second kappa shape index (κ2) is 6.66. The summed E-state index contributed by atoms with van der Waals surface area (Å²) < 4.78 is 0. The largest absolute Gasteiger partial charge is 0.328 e. The molecule has 4 nitrogen and oxygen atoms in total. The molecule has 0 spiro atoms. The van der Waals surface area contributed by atoms with E-state index in [2.05, 4.69) is 26.9 Å². The molecule has 1 aromatic heterocycles. The van der Waals surface area contributed by atoms with E-state index >= 15 is 0 Å². The second-order valence-corrected chi connectivity index (χ2v) is 6.22. The molecule has 0 amide bonds. The van der Waals surface area contributed by atoms with Gasteiger partial charge in [0.1, 0.15) is 0 Å². The van der Waals surface area contributed by atoms with Crippen molar-refractivity contribution < 1.29 is 0 Å². The first-order valence-corrected chi connectivity index (χ1v) is 7.92. The highest BCUT2D eigenvalue weighted by Crippen LogP contribution is 2.20. The summed E-state index contributed by atoms with van der Waals surface area (Å²) in [5.74, 6) is 0. The summed E-state index contributed by atoms with van der Waals surface area (Å²) >= 11 is 0. The van der Waals surface area contributed by atoms with Crippen LogP contribution in [0.25, 0.3) is 0 Å². The first-order valence-electron chi connectivity index (χ1n) is 7.92. The van der Waals surface area contributed by atoms with Crippen LogP contribution < -0.4 is 5.73 Å². The third kappa shape index (κ3) is 3.57. The first-order chi connectivity index (χ1) is 9.81. The third-order valence-corrected chi connectivity index (χ3v) is 4.80. The van der Waals surface area contributed by atoms with Crippen LogP contribution in [0, 0.1) is 0 Å². The molecule has 0 aliphatic carbocycles. The maximum Gasteiger partial charge on any atom is 0.0270 e. The molecule has 0 bridgehead atoms. The number of piperidine rings is 1. The van der Waals surface area contributed by atoms with Crippen molar-refractivity contribution in [3.8, 4) is 0 Å². The van der Waals surface area contributed by atoms with Crippen molar-refractivity contribution in [1.29, 1.82) is 0 Å². The van der Waals surface area contributed by atoms with Gasteiger partial charge in [-0.25, -0.2) is 0 Å². The minimum absolute atomic E-state index is 0.440. The van der Waals surface area contributed by atoms with E-state index in [0.717, 1.165) is 12.5 Å². The van der Waals surface area contributed by atoms with Crippen LogP contribution in [-0.2, 0) is 6.42 Å². The van der Waals surface area contributed by atoms with Crippen molar-refractivity contribution in [1.82, 2.24) is 14.8 Å². The molecule has 3 heterocycles. The Bertz CT molecular complexity index is 400. The number of nitrogens with two attached hydrogens (primary N) is 1. The van der Waals surface area contributed by atoms with E-state index in [9.17, 15) is 0 Å². The molecule has 2 fully saturated rings. The van der Waals surface area contributed by atoms with Gasteiger partial charge in [-0.15, -0.1) is 0 Å². The number of pyridine rings is 1. The van der Waals surface area contributed by atoms with Crippen LogP contribution in [-0.4, -0.2) is 59.6 Å². The molecule has 2 aliphatic rings. The van der Waals surface area contributed by atoms with Crippen LogP contribution >= 0.6 is 0 Å². The normalized spacial score (nSPS) is 26.1. The van der Waals surface area contributed by atoms with Gasteiger partial charge in [0.25, 0.3) is 0 Å². The van der Waals surface area contributed by atoms with E-state index in [1.165, 1.54) is 57.5 Å². The van der Waals surface area contributed by atoms with Gasteiger partial charge in [-0.2, -0.15) is 0 Å². The van der Waals surface area contributed by atoms with Crippen LogP contribution in [0.1, 0.15) is 24.8 Å². The lowest BCUT2D eigenvalue weighted by atomic mass is 10.0. The highest BCUT2D eigenvalue weighted by molar-refractivity contribution is 5.10. The van der Waals surface area contributed by atoms with Gasteiger partial charge in [-0.3, -0.25) is 9.88 Å². The number of aromatic nitrogens is 1. The summed E-state index contributed by atoms with van der Waals surface area (Å²) in [6.45, 7) is 6.06. The van der Waals surface area contributed by atoms with Crippen molar-refractivity contribution >= 4 is 0 Å².